The largest absolute Gasteiger partial charge is 0.388 e. The number of piperidine rings is 1. The van der Waals surface area contributed by atoms with Crippen molar-refractivity contribution in [1.82, 2.24) is 15.1 Å². The fourth-order valence-corrected chi connectivity index (χ4v) is 3.14. The van der Waals surface area contributed by atoms with Gasteiger partial charge >= 0.3 is 0 Å². The third-order valence-corrected chi connectivity index (χ3v) is 4.39. The second-order valence-corrected chi connectivity index (χ2v) is 6.62. The number of carbonyl (C=O) groups excluding carboxylic acids is 1. The zero-order valence-corrected chi connectivity index (χ0v) is 12.4. The maximum Gasteiger partial charge on any atom is 0.242 e. The van der Waals surface area contributed by atoms with E-state index in [0.29, 0.717) is 6.54 Å². The Balaban J connectivity index is 2.04. The lowest BCUT2D eigenvalue weighted by atomic mass is 9.92. The lowest BCUT2D eigenvalue weighted by molar-refractivity contribution is -0.149. The number of nitrogens with zero attached hydrogens (tertiary/aromatic N) is 2. The first-order valence-corrected chi connectivity index (χ1v) is 7.30. The van der Waals surface area contributed by atoms with Crippen LogP contribution in [0.15, 0.2) is 0 Å². The Morgan fingerprint density at radius 3 is 2.47 bits per heavy atom. The second kappa shape index (κ2) is 5.38. The number of hydrogen-bond donors (Lipinski definition) is 2. The zero-order valence-electron chi connectivity index (χ0n) is 12.4. The Morgan fingerprint density at radius 1 is 1.26 bits per heavy atom. The van der Waals surface area contributed by atoms with Crippen LogP contribution in [0.5, 0.6) is 0 Å². The predicted molar refractivity (Wildman–Crippen MR) is 75.0 cm³/mol. The van der Waals surface area contributed by atoms with Gasteiger partial charge in [0, 0.05) is 39.3 Å². The number of aliphatic hydroxyl groups is 1. The molecule has 2 rings (SSSR count). The highest BCUT2D eigenvalue weighted by Gasteiger charge is 2.41. The maximum atomic E-state index is 12.8. The number of β-amino-alcohol motifs (C(OH)–C–C–N with tert-alkyl or cyclic N) is 1. The van der Waals surface area contributed by atoms with E-state index in [-0.39, 0.29) is 5.91 Å². The van der Waals surface area contributed by atoms with Crippen LogP contribution in [0.3, 0.4) is 0 Å². The molecule has 2 aliphatic heterocycles. The molecule has 2 fully saturated rings. The Morgan fingerprint density at radius 2 is 1.89 bits per heavy atom. The van der Waals surface area contributed by atoms with E-state index in [1.54, 1.807) is 0 Å². The summed E-state index contributed by atoms with van der Waals surface area (Å²) >= 11 is 0. The topological polar surface area (TPSA) is 55.8 Å². The van der Waals surface area contributed by atoms with Crippen molar-refractivity contribution in [2.75, 3.05) is 39.3 Å². The molecule has 5 nitrogen and oxygen atoms in total. The molecule has 5 heteroatoms. The van der Waals surface area contributed by atoms with Crippen LogP contribution in [-0.4, -0.2) is 71.2 Å². The molecule has 2 N–H and O–H groups in total. The van der Waals surface area contributed by atoms with Crippen LogP contribution in [0.1, 0.15) is 33.6 Å². The molecule has 0 aromatic heterocycles. The van der Waals surface area contributed by atoms with E-state index in [0.717, 1.165) is 45.6 Å². The van der Waals surface area contributed by atoms with Gasteiger partial charge in [-0.2, -0.15) is 0 Å². The maximum absolute atomic E-state index is 12.8. The summed E-state index contributed by atoms with van der Waals surface area (Å²) in [6, 6.07) is 0. The van der Waals surface area contributed by atoms with Gasteiger partial charge in [-0.3, -0.25) is 9.69 Å². The van der Waals surface area contributed by atoms with Crippen molar-refractivity contribution in [3.8, 4) is 0 Å². The fraction of sp³-hybridized carbons (Fsp3) is 0.929. The van der Waals surface area contributed by atoms with E-state index in [9.17, 15) is 9.90 Å². The summed E-state index contributed by atoms with van der Waals surface area (Å²) in [6.45, 7) is 10.7. The molecule has 0 saturated carbocycles. The van der Waals surface area contributed by atoms with Gasteiger partial charge < -0.3 is 15.3 Å². The number of hydrogen-bond acceptors (Lipinski definition) is 4. The van der Waals surface area contributed by atoms with Crippen molar-refractivity contribution >= 4 is 5.91 Å². The summed E-state index contributed by atoms with van der Waals surface area (Å²) in [5.41, 5.74) is -1.21. The highest BCUT2D eigenvalue weighted by atomic mass is 16.3. The molecule has 110 valence electrons. The van der Waals surface area contributed by atoms with Crippen molar-refractivity contribution in [3.63, 3.8) is 0 Å². The van der Waals surface area contributed by atoms with Crippen LogP contribution < -0.4 is 5.32 Å². The average molecular weight is 269 g/mol. The molecule has 0 bridgehead atoms. The van der Waals surface area contributed by atoms with Crippen LogP contribution in [0.2, 0.25) is 0 Å². The molecule has 0 aromatic carbocycles. The molecule has 0 aliphatic carbocycles. The van der Waals surface area contributed by atoms with Gasteiger partial charge in [-0.15, -0.1) is 0 Å². The number of rotatable bonds is 2. The summed E-state index contributed by atoms with van der Waals surface area (Å²) in [5, 5.41) is 13.5. The summed E-state index contributed by atoms with van der Waals surface area (Å²) < 4.78 is 0. The van der Waals surface area contributed by atoms with Crippen molar-refractivity contribution in [2.45, 2.75) is 44.8 Å². The van der Waals surface area contributed by atoms with E-state index in [2.05, 4.69) is 10.2 Å². The van der Waals surface area contributed by atoms with Crippen LogP contribution >= 0.6 is 0 Å². The minimum atomic E-state index is -0.729. The molecule has 0 aromatic rings. The lowest BCUT2D eigenvalue weighted by Crippen LogP contribution is -2.62. The van der Waals surface area contributed by atoms with Gasteiger partial charge in [-0.1, -0.05) is 0 Å². The minimum absolute atomic E-state index is 0.148. The van der Waals surface area contributed by atoms with Crippen molar-refractivity contribution in [3.05, 3.63) is 0 Å². The van der Waals surface area contributed by atoms with E-state index in [4.69, 9.17) is 0 Å². The zero-order chi connectivity index (χ0) is 14.1. The molecule has 1 amide bonds. The standard InChI is InChI=1S/C14H27N3O2/c1-13(2,17-9-6-15-7-10-17)12(18)16-8-4-5-14(3,19)11-16/h15,19H,4-11H2,1-3H3. The molecule has 1 unspecified atom stereocenters. The Bertz CT molecular complexity index is 336. The summed E-state index contributed by atoms with van der Waals surface area (Å²) in [4.78, 5) is 16.8. The Hall–Kier alpha value is -0.650. The van der Waals surface area contributed by atoms with Gasteiger partial charge in [0.1, 0.15) is 0 Å². The summed E-state index contributed by atoms with van der Waals surface area (Å²) in [5.74, 6) is 0.148. The predicted octanol–water partition coefficient (Wildman–Crippen LogP) is 0.0436. The summed E-state index contributed by atoms with van der Waals surface area (Å²) in [7, 11) is 0. The van der Waals surface area contributed by atoms with E-state index in [1.165, 1.54) is 0 Å². The third-order valence-electron chi connectivity index (χ3n) is 4.39. The molecule has 19 heavy (non-hydrogen) atoms. The number of likely N-dealkylation sites (tertiary alicyclic amines) is 1. The van der Waals surface area contributed by atoms with Crippen molar-refractivity contribution in [2.24, 2.45) is 0 Å². The molecular formula is C14H27N3O2. The monoisotopic (exact) mass is 269 g/mol. The highest BCUT2D eigenvalue weighted by molar-refractivity contribution is 5.85. The first-order chi connectivity index (χ1) is 8.83. The Labute approximate surface area is 115 Å². The number of amides is 1. The Kier molecular flexibility index (Phi) is 4.18. The number of carbonyl (C=O) groups is 1. The highest BCUT2D eigenvalue weighted by Crippen LogP contribution is 2.25. The smallest absolute Gasteiger partial charge is 0.242 e. The number of nitrogens with one attached hydrogen (secondary N) is 1. The SMILES string of the molecule is CC1(O)CCCN(C(=O)C(C)(C)N2CCNCC2)C1. The molecule has 0 spiro atoms. The van der Waals surface area contributed by atoms with Gasteiger partial charge in [0.05, 0.1) is 11.1 Å². The second-order valence-electron chi connectivity index (χ2n) is 6.62. The van der Waals surface area contributed by atoms with Crippen molar-refractivity contribution < 1.29 is 9.90 Å². The molecule has 2 saturated heterocycles. The van der Waals surface area contributed by atoms with Crippen LogP contribution in [0.4, 0.5) is 0 Å². The number of piperazine rings is 1. The molecule has 1 atom stereocenters. The summed E-state index contributed by atoms with van der Waals surface area (Å²) in [6.07, 6.45) is 1.67. The normalized spacial score (nSPS) is 30.4. The van der Waals surface area contributed by atoms with E-state index < -0.39 is 11.1 Å². The fourth-order valence-electron chi connectivity index (χ4n) is 3.14. The van der Waals surface area contributed by atoms with E-state index >= 15 is 0 Å². The molecular weight excluding hydrogens is 242 g/mol. The van der Waals surface area contributed by atoms with Crippen LogP contribution in [0, 0.1) is 0 Å². The quantitative estimate of drug-likeness (QED) is 0.743. The molecule has 0 radical (unpaired) electrons. The molecule has 2 aliphatic rings. The molecule has 2 heterocycles. The van der Waals surface area contributed by atoms with Gasteiger partial charge in [0.15, 0.2) is 0 Å². The van der Waals surface area contributed by atoms with Gasteiger partial charge in [-0.05, 0) is 33.6 Å². The minimum Gasteiger partial charge on any atom is -0.388 e. The average Bonchev–Trinajstić information content (AvgIpc) is 2.37. The van der Waals surface area contributed by atoms with Crippen LogP contribution in [0.25, 0.3) is 0 Å². The first kappa shape index (κ1) is 14.8. The van der Waals surface area contributed by atoms with E-state index in [1.807, 2.05) is 25.7 Å². The van der Waals surface area contributed by atoms with Crippen molar-refractivity contribution in [1.29, 1.82) is 0 Å². The van der Waals surface area contributed by atoms with Gasteiger partial charge in [0.25, 0.3) is 0 Å². The first-order valence-electron chi connectivity index (χ1n) is 7.30. The third kappa shape index (κ3) is 3.27. The van der Waals surface area contributed by atoms with Crippen LogP contribution in [-0.2, 0) is 4.79 Å². The van der Waals surface area contributed by atoms with Gasteiger partial charge in [0.2, 0.25) is 5.91 Å². The van der Waals surface area contributed by atoms with Gasteiger partial charge in [-0.25, -0.2) is 0 Å². The lowest BCUT2D eigenvalue weighted by Gasteiger charge is -2.45.